The molecule has 0 aliphatic carbocycles. The predicted molar refractivity (Wildman–Crippen MR) is 72.6 cm³/mol. The maximum Gasteiger partial charge on any atom is 0.221 e. The fourth-order valence-corrected chi connectivity index (χ4v) is 1.82. The summed E-state index contributed by atoms with van der Waals surface area (Å²) in [5.74, 6) is 0.346. The first-order valence-electron chi connectivity index (χ1n) is 6.34. The van der Waals surface area contributed by atoms with E-state index in [1.54, 1.807) is 6.07 Å². The van der Waals surface area contributed by atoms with Crippen molar-refractivity contribution in [3.05, 3.63) is 29.3 Å². The van der Waals surface area contributed by atoms with Gasteiger partial charge in [0.2, 0.25) is 5.91 Å². The van der Waals surface area contributed by atoms with Crippen molar-refractivity contribution in [3.63, 3.8) is 0 Å². The fraction of sp³-hybridized carbons (Fsp3) is 0.500. The highest BCUT2D eigenvalue weighted by atomic mass is 16.3. The third kappa shape index (κ3) is 4.37. The maximum absolute atomic E-state index is 11.3. The van der Waals surface area contributed by atoms with E-state index < -0.39 is 0 Å². The van der Waals surface area contributed by atoms with Crippen molar-refractivity contribution >= 4 is 5.91 Å². The molecule has 0 spiro atoms. The Labute approximate surface area is 108 Å². The van der Waals surface area contributed by atoms with Crippen molar-refractivity contribution in [2.75, 3.05) is 13.1 Å². The average molecular weight is 250 g/mol. The minimum absolute atomic E-state index is 0.0278. The SMILES string of the molecule is CCNC(=O)CCNC(C)c1ccc(C)cc1O. The maximum atomic E-state index is 11.3. The van der Waals surface area contributed by atoms with E-state index in [1.807, 2.05) is 32.9 Å². The standard InChI is InChI=1S/C14H22N2O2/c1-4-15-14(18)7-8-16-11(3)12-6-5-10(2)9-13(12)17/h5-6,9,11,16-17H,4,7-8H2,1-3H3,(H,15,18). The molecular formula is C14H22N2O2. The number of phenolic OH excluding ortho intramolecular Hbond substituents is 1. The fourth-order valence-electron chi connectivity index (χ4n) is 1.82. The monoisotopic (exact) mass is 250 g/mol. The molecule has 0 aliphatic heterocycles. The molecule has 0 aromatic heterocycles. The van der Waals surface area contributed by atoms with Gasteiger partial charge in [0.05, 0.1) is 0 Å². The van der Waals surface area contributed by atoms with E-state index >= 15 is 0 Å². The molecule has 1 aromatic carbocycles. The van der Waals surface area contributed by atoms with Gasteiger partial charge < -0.3 is 15.7 Å². The lowest BCUT2D eigenvalue weighted by Gasteiger charge is -2.15. The highest BCUT2D eigenvalue weighted by Crippen LogP contribution is 2.24. The number of benzene rings is 1. The third-order valence-corrected chi connectivity index (χ3v) is 2.83. The van der Waals surface area contributed by atoms with Gasteiger partial charge in [0.1, 0.15) is 5.75 Å². The van der Waals surface area contributed by atoms with Gasteiger partial charge in [-0.15, -0.1) is 0 Å². The summed E-state index contributed by atoms with van der Waals surface area (Å²) in [7, 11) is 0. The topological polar surface area (TPSA) is 61.4 Å². The Bertz CT molecular complexity index is 405. The average Bonchev–Trinajstić information content (AvgIpc) is 2.29. The van der Waals surface area contributed by atoms with Gasteiger partial charge in [0.15, 0.2) is 0 Å². The zero-order valence-electron chi connectivity index (χ0n) is 11.3. The number of carbonyl (C=O) groups excluding carboxylic acids is 1. The predicted octanol–water partition coefficient (Wildman–Crippen LogP) is 1.88. The molecule has 18 heavy (non-hydrogen) atoms. The van der Waals surface area contributed by atoms with Gasteiger partial charge in [-0.3, -0.25) is 4.79 Å². The summed E-state index contributed by atoms with van der Waals surface area (Å²) in [6.45, 7) is 7.07. The van der Waals surface area contributed by atoms with Crippen LogP contribution in [-0.4, -0.2) is 24.1 Å². The first kappa shape index (κ1) is 14.5. The zero-order valence-corrected chi connectivity index (χ0v) is 11.3. The number of hydrogen-bond donors (Lipinski definition) is 3. The van der Waals surface area contributed by atoms with Gasteiger partial charge in [0.25, 0.3) is 0 Å². The third-order valence-electron chi connectivity index (χ3n) is 2.83. The van der Waals surface area contributed by atoms with Crippen LogP contribution in [0.1, 0.15) is 37.4 Å². The summed E-state index contributed by atoms with van der Waals surface area (Å²) >= 11 is 0. The summed E-state index contributed by atoms with van der Waals surface area (Å²) in [5, 5.41) is 15.8. The van der Waals surface area contributed by atoms with Gasteiger partial charge in [0, 0.05) is 31.1 Å². The van der Waals surface area contributed by atoms with Crippen molar-refractivity contribution in [2.24, 2.45) is 0 Å². The number of phenols is 1. The van der Waals surface area contributed by atoms with Crippen molar-refractivity contribution in [3.8, 4) is 5.75 Å². The lowest BCUT2D eigenvalue weighted by molar-refractivity contribution is -0.120. The van der Waals surface area contributed by atoms with Crippen LogP contribution in [0.4, 0.5) is 0 Å². The summed E-state index contributed by atoms with van der Waals surface area (Å²) in [6.07, 6.45) is 0.449. The van der Waals surface area contributed by atoms with Crippen LogP contribution in [-0.2, 0) is 4.79 Å². The van der Waals surface area contributed by atoms with Crippen LogP contribution < -0.4 is 10.6 Å². The second-order valence-electron chi connectivity index (χ2n) is 4.44. The smallest absolute Gasteiger partial charge is 0.221 e. The molecule has 0 aliphatic rings. The molecule has 1 amide bonds. The Morgan fingerprint density at radius 3 is 2.78 bits per heavy atom. The van der Waals surface area contributed by atoms with E-state index in [4.69, 9.17) is 0 Å². The molecule has 1 unspecified atom stereocenters. The van der Waals surface area contributed by atoms with Gasteiger partial charge in [-0.05, 0) is 32.4 Å². The molecule has 1 atom stereocenters. The molecule has 0 saturated heterocycles. The summed E-state index contributed by atoms with van der Waals surface area (Å²) in [4.78, 5) is 11.3. The minimum Gasteiger partial charge on any atom is -0.508 e. The minimum atomic E-state index is 0.0278. The Morgan fingerprint density at radius 2 is 2.17 bits per heavy atom. The van der Waals surface area contributed by atoms with Crippen molar-refractivity contribution in [1.82, 2.24) is 10.6 Å². The van der Waals surface area contributed by atoms with Crippen LogP contribution in [0.2, 0.25) is 0 Å². The quantitative estimate of drug-likeness (QED) is 0.722. The molecule has 0 saturated carbocycles. The van der Waals surface area contributed by atoms with E-state index in [2.05, 4.69) is 10.6 Å². The highest BCUT2D eigenvalue weighted by molar-refractivity contribution is 5.75. The number of hydrogen-bond acceptors (Lipinski definition) is 3. The number of aromatic hydroxyl groups is 1. The van der Waals surface area contributed by atoms with Crippen LogP contribution in [0.5, 0.6) is 5.75 Å². The van der Waals surface area contributed by atoms with Crippen LogP contribution >= 0.6 is 0 Å². The lowest BCUT2D eigenvalue weighted by Crippen LogP contribution is -2.28. The Balaban J connectivity index is 2.45. The number of aryl methyl sites for hydroxylation is 1. The Morgan fingerprint density at radius 1 is 1.44 bits per heavy atom. The second-order valence-corrected chi connectivity index (χ2v) is 4.44. The second kappa shape index (κ2) is 7.01. The van der Waals surface area contributed by atoms with Gasteiger partial charge >= 0.3 is 0 Å². The van der Waals surface area contributed by atoms with Crippen molar-refractivity contribution < 1.29 is 9.90 Å². The highest BCUT2D eigenvalue weighted by Gasteiger charge is 2.10. The van der Waals surface area contributed by atoms with Gasteiger partial charge in [-0.2, -0.15) is 0 Å². The lowest BCUT2D eigenvalue weighted by atomic mass is 10.1. The van der Waals surface area contributed by atoms with Gasteiger partial charge in [-0.1, -0.05) is 12.1 Å². The molecule has 3 N–H and O–H groups in total. The molecule has 4 heteroatoms. The van der Waals surface area contributed by atoms with Gasteiger partial charge in [-0.25, -0.2) is 0 Å². The van der Waals surface area contributed by atoms with Crippen molar-refractivity contribution in [1.29, 1.82) is 0 Å². The van der Waals surface area contributed by atoms with E-state index in [0.29, 0.717) is 25.3 Å². The summed E-state index contributed by atoms with van der Waals surface area (Å²) in [6, 6.07) is 5.66. The van der Waals surface area contributed by atoms with Crippen LogP contribution in [0, 0.1) is 6.92 Å². The molecule has 0 fully saturated rings. The molecule has 100 valence electrons. The number of amides is 1. The summed E-state index contributed by atoms with van der Waals surface area (Å²) < 4.78 is 0. The van der Waals surface area contributed by atoms with Crippen LogP contribution in [0.15, 0.2) is 18.2 Å². The normalized spacial score (nSPS) is 12.2. The molecular weight excluding hydrogens is 228 g/mol. The molecule has 4 nitrogen and oxygen atoms in total. The molecule has 0 bridgehead atoms. The molecule has 1 aromatic rings. The Hall–Kier alpha value is -1.55. The van der Waals surface area contributed by atoms with Crippen LogP contribution in [0.3, 0.4) is 0 Å². The number of carbonyl (C=O) groups is 1. The first-order chi connectivity index (χ1) is 8.54. The molecule has 0 radical (unpaired) electrons. The van der Waals surface area contributed by atoms with Crippen LogP contribution in [0.25, 0.3) is 0 Å². The molecule has 1 rings (SSSR count). The Kier molecular flexibility index (Phi) is 5.65. The number of nitrogens with one attached hydrogen (secondary N) is 2. The largest absolute Gasteiger partial charge is 0.508 e. The first-order valence-corrected chi connectivity index (χ1v) is 6.34. The van der Waals surface area contributed by atoms with E-state index in [0.717, 1.165) is 11.1 Å². The van der Waals surface area contributed by atoms with Crippen molar-refractivity contribution in [2.45, 2.75) is 33.2 Å². The molecule has 0 heterocycles. The zero-order chi connectivity index (χ0) is 13.5. The number of rotatable bonds is 6. The summed E-state index contributed by atoms with van der Waals surface area (Å²) in [5.41, 5.74) is 1.89. The van der Waals surface area contributed by atoms with E-state index in [9.17, 15) is 9.90 Å². The van der Waals surface area contributed by atoms with E-state index in [-0.39, 0.29) is 11.9 Å². The van der Waals surface area contributed by atoms with E-state index in [1.165, 1.54) is 0 Å².